The van der Waals surface area contributed by atoms with Crippen molar-refractivity contribution in [3.05, 3.63) is 5.01 Å². The molecule has 1 aliphatic rings. The molecule has 106 valence electrons. The number of amides is 1. The number of hydrogen-bond acceptors (Lipinski definition) is 5. The minimum Gasteiger partial charge on any atom is -0.360 e. The molecular weight excluding hydrogens is 260 g/mol. The smallest absolute Gasteiger partial charge is 0.284 e. The lowest BCUT2D eigenvalue weighted by Crippen LogP contribution is -2.36. The maximum absolute atomic E-state index is 12.4. The Bertz CT molecular complexity index is 413. The molecule has 1 N–H and O–H groups in total. The molecule has 1 fully saturated rings. The van der Waals surface area contributed by atoms with E-state index in [2.05, 4.69) is 15.5 Å². The summed E-state index contributed by atoms with van der Waals surface area (Å²) in [5.74, 6) is 0.00792. The Balaban J connectivity index is 2.00. The summed E-state index contributed by atoms with van der Waals surface area (Å²) in [5.41, 5.74) is 0. The fourth-order valence-electron chi connectivity index (χ4n) is 2.49. The van der Waals surface area contributed by atoms with Crippen molar-refractivity contribution in [3.8, 4) is 0 Å². The van der Waals surface area contributed by atoms with Gasteiger partial charge in [0.05, 0.1) is 0 Å². The third kappa shape index (κ3) is 3.65. The second kappa shape index (κ2) is 6.84. The second-order valence-corrected chi connectivity index (χ2v) is 5.98. The maximum atomic E-state index is 12.4. The Morgan fingerprint density at radius 2 is 2.00 bits per heavy atom. The first-order chi connectivity index (χ1) is 9.22. The van der Waals surface area contributed by atoms with Crippen molar-refractivity contribution in [2.24, 2.45) is 0 Å². The molecule has 1 aromatic rings. The fourth-order valence-corrected chi connectivity index (χ4v) is 3.29. The third-order valence-corrected chi connectivity index (χ3v) is 4.50. The molecule has 1 saturated carbocycles. The van der Waals surface area contributed by atoms with Gasteiger partial charge in [-0.05, 0) is 19.8 Å². The summed E-state index contributed by atoms with van der Waals surface area (Å²) < 4.78 is 0. The van der Waals surface area contributed by atoms with E-state index >= 15 is 0 Å². The summed E-state index contributed by atoms with van der Waals surface area (Å²) in [6, 6.07) is 0.362. The van der Waals surface area contributed by atoms with Crippen molar-refractivity contribution in [3.63, 3.8) is 0 Å². The van der Waals surface area contributed by atoms with Crippen LogP contribution in [0, 0.1) is 0 Å². The van der Waals surface area contributed by atoms with Gasteiger partial charge >= 0.3 is 0 Å². The average molecular weight is 282 g/mol. The summed E-state index contributed by atoms with van der Waals surface area (Å²) in [6.45, 7) is 2.79. The lowest BCUT2D eigenvalue weighted by atomic mass is 10.1. The molecule has 1 heterocycles. The SMILES string of the molecule is CCNc1nnc(C(=O)N(C)C2CCCCCC2)s1. The molecule has 1 aromatic heterocycles. The van der Waals surface area contributed by atoms with Crippen molar-refractivity contribution in [2.45, 2.75) is 51.5 Å². The van der Waals surface area contributed by atoms with E-state index in [1.165, 1.54) is 37.0 Å². The number of anilines is 1. The number of nitrogens with zero attached hydrogens (tertiary/aromatic N) is 3. The minimum absolute atomic E-state index is 0.00792. The Kier molecular flexibility index (Phi) is 5.13. The molecule has 2 rings (SSSR count). The Morgan fingerprint density at radius 3 is 2.63 bits per heavy atom. The van der Waals surface area contributed by atoms with E-state index in [9.17, 15) is 4.79 Å². The van der Waals surface area contributed by atoms with Crippen LogP contribution in [0.4, 0.5) is 5.13 Å². The van der Waals surface area contributed by atoms with Crippen molar-refractivity contribution in [1.29, 1.82) is 0 Å². The molecule has 0 spiro atoms. The molecule has 1 aliphatic carbocycles. The molecule has 6 heteroatoms. The van der Waals surface area contributed by atoms with Gasteiger partial charge in [-0.3, -0.25) is 4.79 Å². The molecular formula is C13H22N4OS. The second-order valence-electron chi connectivity index (χ2n) is 5.00. The van der Waals surface area contributed by atoms with E-state index in [1.807, 2.05) is 18.9 Å². The molecule has 1 amide bonds. The molecule has 19 heavy (non-hydrogen) atoms. The topological polar surface area (TPSA) is 58.1 Å². The van der Waals surface area contributed by atoms with E-state index in [-0.39, 0.29) is 5.91 Å². The Morgan fingerprint density at radius 1 is 1.32 bits per heavy atom. The number of carbonyl (C=O) groups excluding carboxylic acids is 1. The van der Waals surface area contributed by atoms with Crippen molar-refractivity contribution in [1.82, 2.24) is 15.1 Å². The van der Waals surface area contributed by atoms with Crippen molar-refractivity contribution < 1.29 is 4.79 Å². The monoisotopic (exact) mass is 282 g/mol. The van der Waals surface area contributed by atoms with Crippen LogP contribution in [0.3, 0.4) is 0 Å². The zero-order valence-electron chi connectivity index (χ0n) is 11.7. The van der Waals surface area contributed by atoms with Crippen LogP contribution < -0.4 is 5.32 Å². The summed E-state index contributed by atoms with van der Waals surface area (Å²) >= 11 is 1.34. The normalized spacial score (nSPS) is 16.9. The van der Waals surface area contributed by atoms with Gasteiger partial charge in [0, 0.05) is 19.6 Å². The number of nitrogens with one attached hydrogen (secondary N) is 1. The lowest BCUT2D eigenvalue weighted by molar-refractivity contribution is 0.0716. The quantitative estimate of drug-likeness (QED) is 0.863. The van der Waals surface area contributed by atoms with Crippen LogP contribution in [0.2, 0.25) is 0 Å². The van der Waals surface area contributed by atoms with Gasteiger partial charge in [-0.1, -0.05) is 37.0 Å². The van der Waals surface area contributed by atoms with E-state index in [0.29, 0.717) is 11.0 Å². The zero-order chi connectivity index (χ0) is 13.7. The molecule has 0 saturated heterocycles. The molecule has 0 atom stereocenters. The van der Waals surface area contributed by atoms with Crippen LogP contribution in [0.1, 0.15) is 55.3 Å². The third-order valence-electron chi connectivity index (χ3n) is 3.63. The predicted octanol–water partition coefficient (Wildman–Crippen LogP) is 2.76. The molecule has 5 nitrogen and oxygen atoms in total. The first-order valence-electron chi connectivity index (χ1n) is 7.07. The van der Waals surface area contributed by atoms with Crippen LogP contribution >= 0.6 is 11.3 Å². The minimum atomic E-state index is 0.00792. The lowest BCUT2D eigenvalue weighted by Gasteiger charge is -2.26. The van der Waals surface area contributed by atoms with E-state index in [1.54, 1.807) is 0 Å². The van der Waals surface area contributed by atoms with Crippen LogP contribution in [-0.4, -0.2) is 40.6 Å². The average Bonchev–Trinajstić information content (AvgIpc) is 2.72. The fraction of sp³-hybridized carbons (Fsp3) is 0.769. The summed E-state index contributed by atoms with van der Waals surface area (Å²) in [4.78, 5) is 14.2. The van der Waals surface area contributed by atoms with Gasteiger partial charge in [0.1, 0.15) is 0 Å². The maximum Gasteiger partial charge on any atom is 0.284 e. The highest BCUT2D eigenvalue weighted by Gasteiger charge is 2.24. The highest BCUT2D eigenvalue weighted by atomic mass is 32.1. The van der Waals surface area contributed by atoms with E-state index in [0.717, 1.165) is 24.5 Å². The highest BCUT2D eigenvalue weighted by Crippen LogP contribution is 2.23. The molecule has 0 aliphatic heterocycles. The van der Waals surface area contributed by atoms with Gasteiger partial charge in [-0.25, -0.2) is 0 Å². The summed E-state index contributed by atoms with van der Waals surface area (Å²) in [5, 5.41) is 12.3. The first-order valence-corrected chi connectivity index (χ1v) is 7.88. The van der Waals surface area contributed by atoms with Gasteiger partial charge in [0.25, 0.3) is 5.91 Å². The standard InChI is InChI=1S/C13H22N4OS/c1-3-14-13-16-15-11(19-13)12(18)17(2)10-8-6-4-5-7-9-10/h10H,3-9H2,1-2H3,(H,14,16). The number of aromatic nitrogens is 2. The van der Waals surface area contributed by atoms with Crippen LogP contribution in [0.15, 0.2) is 0 Å². The number of rotatable bonds is 4. The Hall–Kier alpha value is -1.17. The summed E-state index contributed by atoms with van der Waals surface area (Å²) in [7, 11) is 1.90. The predicted molar refractivity (Wildman–Crippen MR) is 77.7 cm³/mol. The van der Waals surface area contributed by atoms with Crippen LogP contribution in [0.25, 0.3) is 0 Å². The molecule has 0 radical (unpaired) electrons. The van der Waals surface area contributed by atoms with Gasteiger partial charge in [0.15, 0.2) is 0 Å². The van der Waals surface area contributed by atoms with E-state index in [4.69, 9.17) is 0 Å². The van der Waals surface area contributed by atoms with Crippen molar-refractivity contribution in [2.75, 3.05) is 18.9 Å². The van der Waals surface area contributed by atoms with Crippen LogP contribution in [-0.2, 0) is 0 Å². The van der Waals surface area contributed by atoms with Crippen LogP contribution in [0.5, 0.6) is 0 Å². The Labute approximate surface area is 118 Å². The van der Waals surface area contributed by atoms with Gasteiger partial charge in [-0.15, -0.1) is 10.2 Å². The first kappa shape index (κ1) is 14.2. The summed E-state index contributed by atoms with van der Waals surface area (Å²) in [6.07, 6.45) is 7.26. The molecule has 0 aromatic carbocycles. The van der Waals surface area contributed by atoms with Gasteiger partial charge < -0.3 is 10.2 Å². The zero-order valence-corrected chi connectivity index (χ0v) is 12.5. The van der Waals surface area contributed by atoms with Gasteiger partial charge in [0.2, 0.25) is 10.1 Å². The van der Waals surface area contributed by atoms with E-state index < -0.39 is 0 Å². The molecule has 0 unspecified atom stereocenters. The van der Waals surface area contributed by atoms with Crippen molar-refractivity contribution >= 4 is 22.4 Å². The van der Waals surface area contributed by atoms with Gasteiger partial charge in [-0.2, -0.15) is 0 Å². The number of carbonyl (C=O) groups is 1. The number of hydrogen-bond donors (Lipinski definition) is 1. The molecule has 0 bridgehead atoms. The largest absolute Gasteiger partial charge is 0.360 e. The highest BCUT2D eigenvalue weighted by molar-refractivity contribution is 7.17.